The Bertz CT molecular complexity index is 1120. The molecular formula is C21H19F2N5O5. The lowest BCUT2D eigenvalue weighted by molar-refractivity contribution is -0.0498. The number of nitrogens with zero attached hydrogens (tertiary/aromatic N) is 4. The molecule has 1 aromatic heterocycles. The van der Waals surface area contributed by atoms with Crippen molar-refractivity contribution in [3.8, 4) is 11.4 Å². The van der Waals surface area contributed by atoms with Crippen LogP contribution in [0.5, 0.6) is 5.75 Å². The standard InChI is InChI=1S/C21H19F2N5O5/c22-20(23)33-16-7-5-15(6-8-16)28-12-24-18(26-28)19(29)25-14-3-1-13(2-4-14)17-11-27(21(30)31)9-10-32-17/h1-8,12,17,20H,9-11H2,(H,25,29)(H,30,31). The van der Waals surface area contributed by atoms with Gasteiger partial charge in [0.15, 0.2) is 0 Å². The first-order valence-corrected chi connectivity index (χ1v) is 9.87. The maximum atomic E-state index is 12.5. The minimum atomic E-state index is -2.92. The number of alkyl halides is 2. The zero-order chi connectivity index (χ0) is 23.4. The van der Waals surface area contributed by atoms with Crippen LogP contribution >= 0.6 is 0 Å². The molecule has 1 fully saturated rings. The summed E-state index contributed by atoms with van der Waals surface area (Å²) in [5.74, 6) is -0.616. The van der Waals surface area contributed by atoms with Gasteiger partial charge in [0, 0.05) is 12.2 Å². The van der Waals surface area contributed by atoms with Gasteiger partial charge in [-0.25, -0.2) is 14.5 Å². The van der Waals surface area contributed by atoms with Gasteiger partial charge < -0.3 is 24.8 Å². The fourth-order valence-corrected chi connectivity index (χ4v) is 3.26. The van der Waals surface area contributed by atoms with Crippen LogP contribution in [-0.4, -0.2) is 63.1 Å². The van der Waals surface area contributed by atoms with E-state index >= 15 is 0 Å². The summed E-state index contributed by atoms with van der Waals surface area (Å²) < 4.78 is 35.8. The summed E-state index contributed by atoms with van der Waals surface area (Å²) >= 11 is 0. The molecule has 1 unspecified atom stereocenters. The Balaban J connectivity index is 1.38. The topological polar surface area (TPSA) is 119 Å². The van der Waals surface area contributed by atoms with Gasteiger partial charge in [-0.3, -0.25) is 4.79 Å². The van der Waals surface area contributed by atoms with Crippen molar-refractivity contribution in [2.75, 3.05) is 25.0 Å². The molecule has 172 valence electrons. The van der Waals surface area contributed by atoms with Crippen LogP contribution in [0.1, 0.15) is 22.3 Å². The number of rotatable bonds is 6. The monoisotopic (exact) mass is 459 g/mol. The first-order valence-electron chi connectivity index (χ1n) is 9.87. The predicted molar refractivity (Wildman–Crippen MR) is 111 cm³/mol. The molecule has 2 aromatic carbocycles. The van der Waals surface area contributed by atoms with Crippen LogP contribution in [0.15, 0.2) is 54.9 Å². The third kappa shape index (κ3) is 5.41. The fourth-order valence-electron chi connectivity index (χ4n) is 3.26. The van der Waals surface area contributed by atoms with Crippen LogP contribution in [0.2, 0.25) is 0 Å². The highest BCUT2D eigenvalue weighted by molar-refractivity contribution is 6.01. The van der Waals surface area contributed by atoms with Crippen molar-refractivity contribution in [1.82, 2.24) is 19.7 Å². The molecule has 0 saturated carbocycles. The summed E-state index contributed by atoms with van der Waals surface area (Å²) in [6.45, 7) is -2.04. The van der Waals surface area contributed by atoms with Crippen molar-refractivity contribution in [2.45, 2.75) is 12.7 Å². The van der Waals surface area contributed by atoms with Crippen molar-refractivity contribution < 1.29 is 33.0 Å². The zero-order valence-electron chi connectivity index (χ0n) is 17.1. The molecule has 2 heterocycles. The molecule has 1 aliphatic rings. The van der Waals surface area contributed by atoms with Gasteiger partial charge in [-0.15, -0.1) is 5.10 Å². The third-order valence-corrected chi connectivity index (χ3v) is 4.90. The molecule has 1 saturated heterocycles. The molecule has 3 aromatic rings. The van der Waals surface area contributed by atoms with Gasteiger partial charge in [0.1, 0.15) is 18.2 Å². The maximum absolute atomic E-state index is 12.5. The van der Waals surface area contributed by atoms with E-state index in [4.69, 9.17) is 9.84 Å². The summed E-state index contributed by atoms with van der Waals surface area (Å²) in [6, 6.07) is 12.6. The van der Waals surface area contributed by atoms with E-state index < -0.39 is 18.6 Å². The van der Waals surface area contributed by atoms with Gasteiger partial charge in [0.2, 0.25) is 5.82 Å². The normalized spacial score (nSPS) is 16.0. The summed E-state index contributed by atoms with van der Waals surface area (Å²) in [7, 11) is 0. The van der Waals surface area contributed by atoms with Crippen molar-refractivity contribution in [3.63, 3.8) is 0 Å². The van der Waals surface area contributed by atoms with Crippen molar-refractivity contribution in [1.29, 1.82) is 0 Å². The highest BCUT2D eigenvalue weighted by atomic mass is 19.3. The first kappa shape index (κ1) is 22.1. The Morgan fingerprint density at radius 2 is 1.88 bits per heavy atom. The number of anilines is 1. The number of carboxylic acid groups (broad SMARTS) is 1. The first-order chi connectivity index (χ1) is 15.9. The van der Waals surface area contributed by atoms with Crippen LogP contribution < -0.4 is 10.1 Å². The molecule has 2 amide bonds. The van der Waals surface area contributed by atoms with Gasteiger partial charge in [-0.1, -0.05) is 12.1 Å². The molecule has 10 nitrogen and oxygen atoms in total. The Morgan fingerprint density at radius 3 is 2.55 bits per heavy atom. The molecule has 2 N–H and O–H groups in total. The molecule has 12 heteroatoms. The second-order valence-corrected chi connectivity index (χ2v) is 7.05. The zero-order valence-corrected chi connectivity index (χ0v) is 17.1. The number of hydrogen-bond donors (Lipinski definition) is 2. The number of benzene rings is 2. The quantitative estimate of drug-likeness (QED) is 0.581. The highest BCUT2D eigenvalue weighted by Crippen LogP contribution is 2.24. The largest absolute Gasteiger partial charge is 0.465 e. The van der Waals surface area contributed by atoms with E-state index in [-0.39, 0.29) is 24.2 Å². The lowest BCUT2D eigenvalue weighted by Crippen LogP contribution is -2.41. The molecular weight excluding hydrogens is 440 g/mol. The second kappa shape index (κ2) is 9.61. The predicted octanol–water partition coefficient (Wildman–Crippen LogP) is 3.17. The summed E-state index contributed by atoms with van der Waals surface area (Å²) in [4.78, 5) is 28.9. The van der Waals surface area contributed by atoms with Crippen LogP contribution in [0.3, 0.4) is 0 Å². The number of carbonyl (C=O) groups excluding carboxylic acids is 1. The SMILES string of the molecule is O=C(Nc1ccc(C2CN(C(=O)O)CCO2)cc1)c1ncn(-c2ccc(OC(F)F)cc2)n1. The molecule has 4 rings (SSSR count). The van der Waals surface area contributed by atoms with Gasteiger partial charge >= 0.3 is 12.7 Å². The number of carbonyl (C=O) groups is 2. The molecule has 1 aliphatic heterocycles. The van der Waals surface area contributed by atoms with E-state index in [1.807, 2.05) is 0 Å². The highest BCUT2D eigenvalue weighted by Gasteiger charge is 2.25. The van der Waals surface area contributed by atoms with Gasteiger partial charge in [-0.05, 0) is 42.0 Å². The van der Waals surface area contributed by atoms with E-state index in [1.54, 1.807) is 24.3 Å². The Hall–Kier alpha value is -4.06. The van der Waals surface area contributed by atoms with E-state index in [0.29, 0.717) is 24.5 Å². The smallest absolute Gasteiger partial charge is 0.407 e. The van der Waals surface area contributed by atoms with E-state index in [0.717, 1.165) is 5.56 Å². The second-order valence-electron chi connectivity index (χ2n) is 7.05. The number of aromatic nitrogens is 3. The number of morpholine rings is 1. The molecule has 0 radical (unpaired) electrons. The lowest BCUT2D eigenvalue weighted by Gasteiger charge is -2.31. The summed E-state index contributed by atoms with van der Waals surface area (Å²) in [5, 5.41) is 15.9. The molecule has 33 heavy (non-hydrogen) atoms. The van der Waals surface area contributed by atoms with Gasteiger partial charge in [0.05, 0.1) is 18.8 Å². The molecule has 0 bridgehead atoms. The van der Waals surface area contributed by atoms with Crippen molar-refractivity contribution in [2.24, 2.45) is 0 Å². The van der Waals surface area contributed by atoms with E-state index in [9.17, 15) is 18.4 Å². The number of halogens is 2. The Kier molecular flexibility index (Phi) is 6.45. The Morgan fingerprint density at radius 1 is 1.15 bits per heavy atom. The van der Waals surface area contributed by atoms with Gasteiger partial charge in [-0.2, -0.15) is 8.78 Å². The lowest BCUT2D eigenvalue weighted by atomic mass is 10.1. The average Bonchev–Trinajstić information content (AvgIpc) is 3.30. The minimum absolute atomic E-state index is 0.00424. The van der Waals surface area contributed by atoms with Crippen molar-refractivity contribution in [3.05, 3.63) is 66.2 Å². The van der Waals surface area contributed by atoms with Crippen LogP contribution in [0.25, 0.3) is 5.69 Å². The fraction of sp³-hybridized carbons (Fsp3) is 0.238. The van der Waals surface area contributed by atoms with Crippen LogP contribution in [0.4, 0.5) is 19.3 Å². The number of amides is 2. The Labute approximate surface area is 186 Å². The van der Waals surface area contributed by atoms with Crippen LogP contribution in [-0.2, 0) is 4.74 Å². The van der Waals surface area contributed by atoms with E-state index in [2.05, 4.69) is 20.1 Å². The van der Waals surface area contributed by atoms with E-state index in [1.165, 1.54) is 40.2 Å². The molecule has 0 aliphatic carbocycles. The summed E-state index contributed by atoms with van der Waals surface area (Å²) in [5.41, 5.74) is 1.80. The molecule has 0 spiro atoms. The van der Waals surface area contributed by atoms with Crippen molar-refractivity contribution >= 4 is 17.7 Å². The number of ether oxygens (including phenoxy) is 2. The van der Waals surface area contributed by atoms with Crippen LogP contribution in [0, 0.1) is 0 Å². The van der Waals surface area contributed by atoms with Gasteiger partial charge in [0.25, 0.3) is 5.91 Å². The molecule has 1 atom stereocenters. The maximum Gasteiger partial charge on any atom is 0.407 e. The number of hydrogen-bond acceptors (Lipinski definition) is 6. The number of nitrogens with one attached hydrogen (secondary N) is 1. The minimum Gasteiger partial charge on any atom is -0.465 e. The third-order valence-electron chi connectivity index (χ3n) is 4.90. The average molecular weight is 459 g/mol. The summed E-state index contributed by atoms with van der Waals surface area (Å²) in [6.07, 6.45) is -0.0405.